The number of carbonyl (C=O) groups is 2. The van der Waals surface area contributed by atoms with Crippen LogP contribution in [0.25, 0.3) is 0 Å². The summed E-state index contributed by atoms with van der Waals surface area (Å²) in [5, 5.41) is 8.53. The molecule has 0 radical (unpaired) electrons. The quantitative estimate of drug-likeness (QED) is 0.565. The molecule has 0 saturated heterocycles. The summed E-state index contributed by atoms with van der Waals surface area (Å²) in [7, 11) is 0. The topological polar surface area (TPSA) is 63.6 Å². The fourth-order valence-electron chi connectivity index (χ4n) is 0.833. The number of esters is 1. The lowest BCUT2D eigenvalue weighted by molar-refractivity contribution is -0.138. The van der Waals surface area contributed by atoms with Crippen LogP contribution in [0.5, 0.6) is 0 Å². The molecule has 0 aromatic heterocycles. The summed E-state index contributed by atoms with van der Waals surface area (Å²) in [6.45, 7) is 1.50. The number of rotatable bonds is 6. The summed E-state index contributed by atoms with van der Waals surface area (Å²) in [6, 6.07) is 0. The predicted molar refractivity (Wildman–Crippen MR) is 47.9 cm³/mol. The van der Waals surface area contributed by atoms with Gasteiger partial charge in [0.15, 0.2) is 6.17 Å². The first-order valence-corrected chi connectivity index (χ1v) is 4.41. The first-order valence-electron chi connectivity index (χ1n) is 4.41. The molecule has 0 aliphatic carbocycles. The number of ether oxygens (including phenoxy) is 1. The molecule has 1 unspecified atom stereocenters. The second kappa shape index (κ2) is 6.86. The molecular weight excluding hydrogens is 229 g/mol. The van der Waals surface area contributed by atoms with Crippen LogP contribution >= 0.6 is 0 Å². The molecule has 0 aliphatic heterocycles. The van der Waals surface area contributed by atoms with E-state index in [1.165, 1.54) is 6.92 Å². The van der Waals surface area contributed by atoms with E-state index in [0.29, 0.717) is 6.08 Å². The Labute approximate surface area is 89.7 Å². The first-order chi connectivity index (χ1) is 7.38. The number of hydrogen-bond donors (Lipinski definition) is 1. The molecule has 0 heterocycles. The molecule has 0 bridgehead atoms. The summed E-state index contributed by atoms with van der Waals surface area (Å²) < 4.78 is 40.6. The van der Waals surface area contributed by atoms with Gasteiger partial charge in [-0.15, -0.1) is 0 Å². The zero-order valence-corrected chi connectivity index (χ0v) is 8.45. The maximum atomic E-state index is 12.6. The Morgan fingerprint density at radius 1 is 1.38 bits per heavy atom. The Morgan fingerprint density at radius 2 is 1.94 bits per heavy atom. The summed E-state index contributed by atoms with van der Waals surface area (Å²) in [4.78, 5) is 21.3. The number of halogens is 3. The predicted octanol–water partition coefficient (Wildman–Crippen LogP) is 1.55. The average molecular weight is 240 g/mol. The molecular formula is C9H11F3O4. The third-order valence-corrected chi connectivity index (χ3v) is 1.54. The van der Waals surface area contributed by atoms with Crippen LogP contribution in [0.4, 0.5) is 13.2 Å². The fourth-order valence-corrected chi connectivity index (χ4v) is 0.833. The van der Waals surface area contributed by atoms with E-state index in [0.717, 1.165) is 0 Å². The molecule has 0 rings (SSSR count). The van der Waals surface area contributed by atoms with Gasteiger partial charge in [0, 0.05) is 18.1 Å². The van der Waals surface area contributed by atoms with Crippen molar-refractivity contribution in [3.63, 3.8) is 0 Å². The lowest BCUT2D eigenvalue weighted by Crippen LogP contribution is -2.17. The van der Waals surface area contributed by atoms with E-state index in [9.17, 15) is 22.8 Å². The van der Waals surface area contributed by atoms with Gasteiger partial charge in [-0.3, -0.25) is 0 Å². The summed E-state index contributed by atoms with van der Waals surface area (Å²) in [5.41, 5.74) is -0.744. The van der Waals surface area contributed by atoms with Crippen LogP contribution in [0.15, 0.2) is 11.6 Å². The van der Waals surface area contributed by atoms with Crippen molar-refractivity contribution in [2.75, 3.05) is 6.61 Å². The monoisotopic (exact) mass is 240 g/mol. The maximum Gasteiger partial charge on any atom is 0.331 e. The lowest BCUT2D eigenvalue weighted by atomic mass is 10.1. The summed E-state index contributed by atoms with van der Waals surface area (Å²) in [6.07, 6.45) is -6.44. The van der Waals surface area contributed by atoms with Gasteiger partial charge in [-0.05, 0) is 6.92 Å². The largest absolute Gasteiger partial charge is 0.478 e. The summed E-state index contributed by atoms with van der Waals surface area (Å²) >= 11 is 0. The second-order valence-corrected chi connectivity index (χ2v) is 2.78. The van der Waals surface area contributed by atoms with Crippen molar-refractivity contribution in [3.8, 4) is 0 Å². The number of aliphatic carboxylic acids is 1. The minimum Gasteiger partial charge on any atom is -0.478 e. The highest BCUT2D eigenvalue weighted by molar-refractivity contribution is 5.95. The van der Waals surface area contributed by atoms with Gasteiger partial charge in [-0.1, -0.05) is 0 Å². The standard InChI is InChI=1S/C9H11F3O4/c1-2-16-7(13)4-5(9(14)15)3-6(10)8(11)12/h4,6,8H,2-3H2,1H3,(H,14,15)/b5-4-. The number of carboxylic acids is 1. The minimum atomic E-state index is -3.29. The van der Waals surface area contributed by atoms with Gasteiger partial charge in [0.05, 0.1) is 6.61 Å². The molecule has 1 N–H and O–H groups in total. The van der Waals surface area contributed by atoms with Crippen LogP contribution in [0.1, 0.15) is 13.3 Å². The zero-order chi connectivity index (χ0) is 12.7. The zero-order valence-electron chi connectivity index (χ0n) is 8.45. The molecule has 0 spiro atoms. The van der Waals surface area contributed by atoms with Gasteiger partial charge < -0.3 is 9.84 Å². The molecule has 1 atom stereocenters. The lowest BCUT2D eigenvalue weighted by Gasteiger charge is -2.07. The van der Waals surface area contributed by atoms with Crippen LogP contribution < -0.4 is 0 Å². The molecule has 0 amide bonds. The first kappa shape index (κ1) is 14.5. The third-order valence-electron chi connectivity index (χ3n) is 1.54. The molecule has 0 aliphatic rings. The van der Waals surface area contributed by atoms with Crippen LogP contribution in [0.2, 0.25) is 0 Å². The number of alkyl halides is 3. The summed E-state index contributed by atoms with van der Waals surface area (Å²) in [5.74, 6) is -2.63. The number of carbonyl (C=O) groups excluding carboxylic acids is 1. The van der Waals surface area contributed by atoms with Gasteiger partial charge >= 0.3 is 11.9 Å². The average Bonchev–Trinajstić information content (AvgIpc) is 2.16. The molecule has 16 heavy (non-hydrogen) atoms. The van der Waals surface area contributed by atoms with E-state index < -0.39 is 36.5 Å². The Bertz CT molecular complexity index is 288. The SMILES string of the molecule is CCOC(=O)/C=C(/CC(F)C(F)F)C(=O)O. The van der Waals surface area contributed by atoms with Crippen LogP contribution in [0, 0.1) is 0 Å². The van der Waals surface area contributed by atoms with Crippen LogP contribution in [-0.4, -0.2) is 36.2 Å². The van der Waals surface area contributed by atoms with Gasteiger partial charge in [-0.2, -0.15) is 0 Å². The molecule has 4 nitrogen and oxygen atoms in total. The van der Waals surface area contributed by atoms with Gasteiger partial charge in [-0.25, -0.2) is 22.8 Å². The Kier molecular flexibility index (Phi) is 6.21. The van der Waals surface area contributed by atoms with Crippen molar-refractivity contribution in [1.82, 2.24) is 0 Å². The molecule has 92 valence electrons. The molecule has 0 aromatic rings. The Hall–Kier alpha value is -1.53. The highest BCUT2D eigenvalue weighted by Gasteiger charge is 2.24. The van der Waals surface area contributed by atoms with Crippen molar-refractivity contribution in [1.29, 1.82) is 0 Å². The second-order valence-electron chi connectivity index (χ2n) is 2.78. The third kappa shape index (κ3) is 5.38. The van der Waals surface area contributed by atoms with E-state index in [2.05, 4.69) is 4.74 Å². The van der Waals surface area contributed by atoms with Gasteiger partial charge in [0.1, 0.15) is 0 Å². The highest BCUT2D eigenvalue weighted by atomic mass is 19.3. The van der Waals surface area contributed by atoms with E-state index in [1.807, 2.05) is 0 Å². The van der Waals surface area contributed by atoms with E-state index >= 15 is 0 Å². The highest BCUT2D eigenvalue weighted by Crippen LogP contribution is 2.15. The van der Waals surface area contributed by atoms with Crippen LogP contribution in [-0.2, 0) is 14.3 Å². The molecule has 0 fully saturated rings. The normalized spacial score (nSPS) is 13.7. The smallest absolute Gasteiger partial charge is 0.331 e. The van der Waals surface area contributed by atoms with Crippen molar-refractivity contribution in [3.05, 3.63) is 11.6 Å². The molecule has 7 heteroatoms. The van der Waals surface area contributed by atoms with Crippen LogP contribution in [0.3, 0.4) is 0 Å². The van der Waals surface area contributed by atoms with E-state index in [-0.39, 0.29) is 6.61 Å². The van der Waals surface area contributed by atoms with Crippen molar-refractivity contribution in [2.24, 2.45) is 0 Å². The minimum absolute atomic E-state index is 0.0101. The van der Waals surface area contributed by atoms with Gasteiger partial charge in [0.25, 0.3) is 6.43 Å². The molecule has 0 aromatic carbocycles. The van der Waals surface area contributed by atoms with E-state index in [1.54, 1.807) is 0 Å². The van der Waals surface area contributed by atoms with Crippen molar-refractivity contribution >= 4 is 11.9 Å². The number of hydrogen-bond acceptors (Lipinski definition) is 3. The Balaban J connectivity index is 4.62. The maximum absolute atomic E-state index is 12.6. The van der Waals surface area contributed by atoms with Crippen molar-refractivity contribution < 1.29 is 32.6 Å². The Morgan fingerprint density at radius 3 is 2.31 bits per heavy atom. The van der Waals surface area contributed by atoms with E-state index in [4.69, 9.17) is 5.11 Å². The number of carboxylic acid groups (broad SMARTS) is 1. The fraction of sp³-hybridized carbons (Fsp3) is 0.556. The van der Waals surface area contributed by atoms with Gasteiger partial charge in [0.2, 0.25) is 0 Å². The molecule has 0 saturated carbocycles. The van der Waals surface area contributed by atoms with Crippen molar-refractivity contribution in [2.45, 2.75) is 25.9 Å².